The minimum Gasteiger partial charge on any atom is -0.315 e. The van der Waals surface area contributed by atoms with E-state index in [9.17, 15) is 0 Å². The molecule has 2 fully saturated rings. The first-order valence-electron chi connectivity index (χ1n) is 7.73. The highest BCUT2D eigenvalue weighted by Gasteiger charge is 2.36. The van der Waals surface area contributed by atoms with Crippen molar-refractivity contribution in [1.82, 2.24) is 10.2 Å². The fraction of sp³-hybridized carbons (Fsp3) is 1.00. The van der Waals surface area contributed by atoms with E-state index in [2.05, 4.69) is 24.1 Å². The molecule has 2 nitrogen and oxygen atoms in total. The summed E-state index contributed by atoms with van der Waals surface area (Å²) in [4.78, 5) is 2.76. The maximum absolute atomic E-state index is 3.49. The first-order chi connectivity index (χ1) is 8.25. The van der Waals surface area contributed by atoms with Gasteiger partial charge in [0.2, 0.25) is 0 Å². The van der Waals surface area contributed by atoms with Crippen LogP contribution in [0.25, 0.3) is 0 Å². The zero-order valence-electron chi connectivity index (χ0n) is 11.8. The molecule has 1 heterocycles. The Labute approximate surface area is 107 Å². The Hall–Kier alpha value is -0.0800. The van der Waals surface area contributed by atoms with Crippen LogP contribution in [0.3, 0.4) is 0 Å². The number of likely N-dealkylation sites (tertiary alicyclic amines) is 1. The minimum absolute atomic E-state index is 0.648. The second-order valence-electron chi connectivity index (χ2n) is 6.35. The molecule has 2 atom stereocenters. The monoisotopic (exact) mass is 238 g/mol. The lowest BCUT2D eigenvalue weighted by Gasteiger charge is -2.26. The topological polar surface area (TPSA) is 15.3 Å². The number of nitrogens with zero attached hydrogens (tertiary/aromatic N) is 1. The molecule has 2 aliphatic rings. The average molecular weight is 238 g/mol. The molecule has 0 spiro atoms. The SMILES string of the molecule is CC(C)NCCCCCCN1CC2CCC1C2. The van der Waals surface area contributed by atoms with Crippen LogP contribution in [0.1, 0.15) is 58.8 Å². The van der Waals surface area contributed by atoms with Gasteiger partial charge in [-0.1, -0.05) is 26.7 Å². The molecule has 1 saturated heterocycles. The number of hydrogen-bond acceptors (Lipinski definition) is 2. The van der Waals surface area contributed by atoms with Gasteiger partial charge in [0.25, 0.3) is 0 Å². The van der Waals surface area contributed by atoms with Crippen molar-refractivity contribution in [3.05, 3.63) is 0 Å². The molecule has 0 aromatic rings. The Bertz CT molecular complexity index is 215. The molecule has 2 unspecified atom stereocenters. The summed E-state index contributed by atoms with van der Waals surface area (Å²) in [6.45, 7) is 8.44. The lowest BCUT2D eigenvalue weighted by atomic mass is 10.1. The summed E-state index contributed by atoms with van der Waals surface area (Å²) in [5.41, 5.74) is 0. The van der Waals surface area contributed by atoms with Crippen LogP contribution < -0.4 is 5.32 Å². The first-order valence-corrected chi connectivity index (χ1v) is 7.73. The minimum atomic E-state index is 0.648. The van der Waals surface area contributed by atoms with Crippen LogP contribution in [0.5, 0.6) is 0 Å². The normalized spacial score (nSPS) is 28.4. The summed E-state index contributed by atoms with van der Waals surface area (Å²) in [6, 6.07) is 1.62. The van der Waals surface area contributed by atoms with E-state index in [4.69, 9.17) is 0 Å². The Kier molecular flexibility index (Phi) is 5.30. The number of piperidine rings is 1. The van der Waals surface area contributed by atoms with Crippen LogP contribution in [0.4, 0.5) is 0 Å². The van der Waals surface area contributed by atoms with Gasteiger partial charge in [0.05, 0.1) is 0 Å². The van der Waals surface area contributed by atoms with E-state index < -0.39 is 0 Å². The molecule has 1 N–H and O–H groups in total. The van der Waals surface area contributed by atoms with Crippen LogP contribution in [0, 0.1) is 5.92 Å². The molecule has 100 valence electrons. The van der Waals surface area contributed by atoms with Crippen LogP contribution in [0.2, 0.25) is 0 Å². The molecule has 2 heteroatoms. The van der Waals surface area contributed by atoms with Gasteiger partial charge in [0, 0.05) is 18.6 Å². The molecular weight excluding hydrogens is 208 g/mol. The lowest BCUT2D eigenvalue weighted by molar-refractivity contribution is 0.209. The summed E-state index contributed by atoms with van der Waals surface area (Å²) < 4.78 is 0. The number of hydrogen-bond donors (Lipinski definition) is 1. The number of unbranched alkanes of at least 4 members (excludes halogenated alkanes) is 3. The highest BCUT2D eigenvalue weighted by atomic mass is 15.2. The fourth-order valence-electron chi connectivity index (χ4n) is 3.48. The molecule has 1 saturated carbocycles. The smallest absolute Gasteiger partial charge is 0.00985 e. The van der Waals surface area contributed by atoms with E-state index in [1.807, 2.05) is 0 Å². The molecule has 0 aromatic heterocycles. The summed E-state index contributed by atoms with van der Waals surface area (Å²) in [7, 11) is 0. The highest BCUT2D eigenvalue weighted by Crippen LogP contribution is 2.37. The molecule has 0 radical (unpaired) electrons. The van der Waals surface area contributed by atoms with Crippen LogP contribution in [-0.2, 0) is 0 Å². The Balaban J connectivity index is 1.42. The highest BCUT2D eigenvalue weighted by molar-refractivity contribution is 4.91. The van der Waals surface area contributed by atoms with Crippen molar-refractivity contribution in [1.29, 1.82) is 0 Å². The predicted molar refractivity (Wildman–Crippen MR) is 74.3 cm³/mol. The molecule has 1 aliphatic heterocycles. The van der Waals surface area contributed by atoms with E-state index in [0.29, 0.717) is 6.04 Å². The molecule has 2 bridgehead atoms. The van der Waals surface area contributed by atoms with Crippen molar-refractivity contribution in [3.8, 4) is 0 Å². The van der Waals surface area contributed by atoms with Gasteiger partial charge in [-0.05, 0) is 51.1 Å². The molecule has 0 amide bonds. The third kappa shape index (κ3) is 4.26. The molecule has 17 heavy (non-hydrogen) atoms. The molecular formula is C15H30N2. The van der Waals surface area contributed by atoms with E-state index in [-0.39, 0.29) is 0 Å². The average Bonchev–Trinajstić information content (AvgIpc) is 2.89. The largest absolute Gasteiger partial charge is 0.315 e. The van der Waals surface area contributed by atoms with Gasteiger partial charge in [-0.3, -0.25) is 0 Å². The summed E-state index contributed by atoms with van der Waals surface area (Å²) in [6.07, 6.45) is 10.1. The van der Waals surface area contributed by atoms with E-state index in [0.717, 1.165) is 12.0 Å². The van der Waals surface area contributed by atoms with Crippen molar-refractivity contribution < 1.29 is 0 Å². The van der Waals surface area contributed by atoms with Gasteiger partial charge < -0.3 is 10.2 Å². The summed E-state index contributed by atoms with van der Waals surface area (Å²) in [5, 5.41) is 3.49. The van der Waals surface area contributed by atoms with Gasteiger partial charge in [-0.25, -0.2) is 0 Å². The Morgan fingerprint density at radius 2 is 1.94 bits per heavy atom. The Morgan fingerprint density at radius 1 is 1.12 bits per heavy atom. The molecule has 2 rings (SSSR count). The van der Waals surface area contributed by atoms with Crippen LogP contribution in [0.15, 0.2) is 0 Å². The zero-order valence-corrected chi connectivity index (χ0v) is 11.8. The predicted octanol–water partition coefficient (Wildman–Crippen LogP) is 3.03. The van der Waals surface area contributed by atoms with E-state index in [1.54, 1.807) is 0 Å². The maximum Gasteiger partial charge on any atom is 0.00985 e. The summed E-state index contributed by atoms with van der Waals surface area (Å²) >= 11 is 0. The molecule has 0 aromatic carbocycles. The number of rotatable bonds is 8. The van der Waals surface area contributed by atoms with E-state index in [1.165, 1.54) is 64.6 Å². The van der Waals surface area contributed by atoms with Gasteiger partial charge >= 0.3 is 0 Å². The third-order valence-electron chi connectivity index (χ3n) is 4.45. The van der Waals surface area contributed by atoms with Crippen molar-refractivity contribution in [3.63, 3.8) is 0 Å². The zero-order chi connectivity index (χ0) is 12.1. The van der Waals surface area contributed by atoms with Crippen molar-refractivity contribution >= 4 is 0 Å². The second kappa shape index (κ2) is 6.75. The van der Waals surface area contributed by atoms with Crippen LogP contribution in [-0.4, -0.2) is 36.6 Å². The second-order valence-corrected chi connectivity index (χ2v) is 6.35. The third-order valence-corrected chi connectivity index (χ3v) is 4.45. The standard InChI is InChI=1S/C15H30N2/c1-13(2)16-9-5-3-4-6-10-17-12-14-7-8-15(17)11-14/h13-16H,3-12H2,1-2H3. The van der Waals surface area contributed by atoms with Crippen molar-refractivity contribution in [2.75, 3.05) is 19.6 Å². The maximum atomic E-state index is 3.49. The van der Waals surface area contributed by atoms with Gasteiger partial charge in [-0.2, -0.15) is 0 Å². The first kappa shape index (κ1) is 13.4. The van der Waals surface area contributed by atoms with Crippen molar-refractivity contribution in [2.24, 2.45) is 5.92 Å². The van der Waals surface area contributed by atoms with E-state index >= 15 is 0 Å². The quantitative estimate of drug-likeness (QED) is 0.654. The Morgan fingerprint density at radius 3 is 2.59 bits per heavy atom. The number of fused-ring (bicyclic) bond motifs is 2. The van der Waals surface area contributed by atoms with Crippen LogP contribution >= 0.6 is 0 Å². The van der Waals surface area contributed by atoms with Gasteiger partial charge in [-0.15, -0.1) is 0 Å². The summed E-state index contributed by atoms with van der Waals surface area (Å²) in [5.74, 6) is 1.07. The molecule has 1 aliphatic carbocycles. The fourth-order valence-corrected chi connectivity index (χ4v) is 3.48. The van der Waals surface area contributed by atoms with Crippen molar-refractivity contribution in [2.45, 2.75) is 70.9 Å². The lowest BCUT2D eigenvalue weighted by Crippen LogP contribution is -2.32. The van der Waals surface area contributed by atoms with Gasteiger partial charge in [0.15, 0.2) is 0 Å². The number of nitrogens with one attached hydrogen (secondary N) is 1. The van der Waals surface area contributed by atoms with Gasteiger partial charge in [0.1, 0.15) is 0 Å².